The predicted molar refractivity (Wildman–Crippen MR) is 82.4 cm³/mol. The number of ether oxygens (including phenoxy) is 1. The van der Waals surface area contributed by atoms with Gasteiger partial charge in [0.1, 0.15) is 5.75 Å². The second-order valence-corrected chi connectivity index (χ2v) is 7.21. The number of rotatable bonds is 8. The average Bonchev–Trinajstić information content (AvgIpc) is 2.47. The van der Waals surface area contributed by atoms with Crippen LogP contribution in [0.5, 0.6) is 5.75 Å². The first kappa shape index (κ1) is 17.4. The van der Waals surface area contributed by atoms with Crippen molar-refractivity contribution >= 4 is 13.4 Å². The highest BCUT2D eigenvalue weighted by atomic mass is 31.2. The molecule has 0 bridgehead atoms. The lowest BCUT2D eigenvalue weighted by atomic mass is 10.2. The first-order valence-corrected chi connectivity index (χ1v) is 8.68. The highest BCUT2D eigenvalue weighted by Gasteiger charge is 2.20. The molecule has 0 aliphatic heterocycles. The van der Waals surface area contributed by atoms with E-state index in [0.29, 0.717) is 24.1 Å². The van der Waals surface area contributed by atoms with Crippen molar-refractivity contribution < 1.29 is 18.7 Å². The minimum atomic E-state index is -2.74. The molecule has 0 saturated heterocycles. The lowest BCUT2D eigenvalue weighted by molar-refractivity contribution is -0.422. The van der Waals surface area contributed by atoms with E-state index in [1.165, 1.54) is 13.0 Å². The van der Waals surface area contributed by atoms with E-state index in [-0.39, 0.29) is 12.0 Å². The van der Waals surface area contributed by atoms with Crippen molar-refractivity contribution in [3.8, 4) is 5.75 Å². The van der Waals surface area contributed by atoms with E-state index < -0.39 is 12.3 Å². The molecule has 1 rings (SSSR count). The van der Waals surface area contributed by atoms with Crippen LogP contribution in [-0.4, -0.2) is 24.0 Å². The van der Waals surface area contributed by atoms with Crippen LogP contribution in [-0.2, 0) is 9.09 Å². The van der Waals surface area contributed by atoms with Crippen LogP contribution in [0.25, 0.3) is 6.08 Å². The molecule has 6 nitrogen and oxygen atoms in total. The lowest BCUT2D eigenvalue weighted by Gasteiger charge is -2.16. The molecule has 0 spiro atoms. The molecule has 0 aliphatic carbocycles. The Morgan fingerprint density at radius 2 is 1.95 bits per heavy atom. The first-order chi connectivity index (χ1) is 9.90. The third-order valence-electron chi connectivity index (χ3n) is 2.82. The molecule has 1 unspecified atom stereocenters. The number of hydrogen-bond acceptors (Lipinski definition) is 5. The molecule has 1 atom stereocenters. The zero-order valence-corrected chi connectivity index (χ0v) is 13.3. The summed E-state index contributed by atoms with van der Waals surface area (Å²) in [5.41, 5.74) is 0.774. The van der Waals surface area contributed by atoms with Gasteiger partial charge < -0.3 is 9.26 Å². The molecule has 0 N–H and O–H groups in total. The minimum Gasteiger partial charge on any atom is -0.484 e. The van der Waals surface area contributed by atoms with E-state index >= 15 is 0 Å². The van der Waals surface area contributed by atoms with E-state index in [1.807, 2.05) is 0 Å². The summed E-state index contributed by atoms with van der Waals surface area (Å²) in [5.74, 6) is 0.555. The van der Waals surface area contributed by atoms with Gasteiger partial charge in [-0.3, -0.25) is 14.7 Å². The maximum Gasteiger partial charge on any atom is 0.243 e. The van der Waals surface area contributed by atoms with Gasteiger partial charge in [-0.25, -0.2) is 0 Å². The molecule has 0 fully saturated rings. The molecule has 0 aliphatic rings. The summed E-state index contributed by atoms with van der Waals surface area (Å²) < 4.78 is 22.9. The molecule has 0 heterocycles. The van der Waals surface area contributed by atoms with E-state index in [4.69, 9.17) is 9.26 Å². The van der Waals surface area contributed by atoms with Crippen molar-refractivity contribution in [2.75, 3.05) is 19.1 Å². The average molecular weight is 313 g/mol. The van der Waals surface area contributed by atoms with E-state index in [9.17, 15) is 14.7 Å². The smallest absolute Gasteiger partial charge is 0.243 e. The van der Waals surface area contributed by atoms with Crippen molar-refractivity contribution in [2.45, 2.75) is 20.8 Å². The van der Waals surface area contributed by atoms with Gasteiger partial charge >= 0.3 is 0 Å². The van der Waals surface area contributed by atoms with E-state index in [2.05, 4.69) is 0 Å². The summed E-state index contributed by atoms with van der Waals surface area (Å²) in [4.78, 5) is 10.1. The second kappa shape index (κ2) is 7.96. The van der Waals surface area contributed by atoms with Gasteiger partial charge in [-0.05, 0) is 24.6 Å². The van der Waals surface area contributed by atoms with Crippen LogP contribution in [0, 0.1) is 10.1 Å². The fourth-order valence-electron chi connectivity index (χ4n) is 1.58. The van der Waals surface area contributed by atoms with Gasteiger partial charge in [-0.2, -0.15) is 0 Å². The van der Waals surface area contributed by atoms with E-state index in [1.54, 1.807) is 38.1 Å². The fraction of sp³-hybridized carbons (Fsp3) is 0.429. The van der Waals surface area contributed by atoms with Gasteiger partial charge in [0.05, 0.1) is 11.5 Å². The van der Waals surface area contributed by atoms with Gasteiger partial charge in [0.15, 0.2) is 6.35 Å². The normalized spacial score (nSPS) is 14.5. The summed E-state index contributed by atoms with van der Waals surface area (Å²) in [7, 11) is -2.74. The maximum absolute atomic E-state index is 12.2. The Kier molecular flexibility index (Phi) is 6.59. The molecule has 1 aromatic rings. The minimum absolute atomic E-state index is 0.0282. The van der Waals surface area contributed by atoms with Crippen molar-refractivity contribution in [3.05, 3.63) is 45.6 Å². The summed E-state index contributed by atoms with van der Waals surface area (Å²) >= 11 is 0. The summed E-state index contributed by atoms with van der Waals surface area (Å²) in [6.07, 6.45) is 1.92. The Hall–Kier alpha value is -1.65. The summed E-state index contributed by atoms with van der Waals surface area (Å²) in [6, 6.07) is 6.79. The van der Waals surface area contributed by atoms with E-state index in [0.717, 1.165) is 0 Å². The maximum atomic E-state index is 12.2. The Balaban J connectivity index is 2.69. The first-order valence-electron chi connectivity index (χ1n) is 6.68. The predicted octanol–water partition coefficient (Wildman–Crippen LogP) is 3.99. The second-order valence-electron chi connectivity index (χ2n) is 4.43. The van der Waals surface area contributed by atoms with Crippen LogP contribution in [0.4, 0.5) is 0 Å². The zero-order valence-electron chi connectivity index (χ0n) is 12.4. The Labute approximate surface area is 124 Å². The number of benzene rings is 1. The molecule has 0 aromatic heterocycles. The van der Waals surface area contributed by atoms with Crippen LogP contribution in [0.2, 0.25) is 0 Å². The number of nitrogens with zero attached hydrogens (tertiary/aromatic N) is 1. The van der Waals surface area contributed by atoms with Gasteiger partial charge in [0.25, 0.3) is 0 Å². The Bertz CT molecular complexity index is 553. The summed E-state index contributed by atoms with van der Waals surface area (Å²) in [6.45, 7) is 5.41. The number of nitro groups is 1. The third-order valence-corrected chi connectivity index (χ3v) is 5.03. The number of allylic oxidation sites excluding steroid dienone is 1. The van der Waals surface area contributed by atoms with Crippen LogP contribution in [0.1, 0.15) is 26.3 Å². The molecular formula is C14H20NO5P. The molecule has 21 heavy (non-hydrogen) atoms. The summed E-state index contributed by atoms with van der Waals surface area (Å²) in [5, 5.41) is 10.5. The highest BCUT2D eigenvalue weighted by molar-refractivity contribution is 7.58. The zero-order chi connectivity index (χ0) is 15.9. The van der Waals surface area contributed by atoms with Crippen LogP contribution < -0.4 is 4.74 Å². The topological polar surface area (TPSA) is 78.7 Å². The number of hydrogen-bond donors (Lipinski definition) is 0. The molecule has 0 saturated carbocycles. The fourth-order valence-corrected chi connectivity index (χ4v) is 2.84. The Morgan fingerprint density at radius 1 is 1.33 bits per heavy atom. The van der Waals surface area contributed by atoms with Crippen molar-refractivity contribution in [2.24, 2.45) is 0 Å². The van der Waals surface area contributed by atoms with Crippen LogP contribution in [0.3, 0.4) is 0 Å². The standard InChI is InChI=1S/C14H20NO5P/c1-4-20-21(18,5-2)11-19-14-8-6-13(7-9-14)10-12(3)15(16)17/h6-10H,4-5,11H2,1-3H3/b12-10+. The Morgan fingerprint density at radius 3 is 2.43 bits per heavy atom. The molecule has 116 valence electrons. The molecule has 1 aromatic carbocycles. The lowest BCUT2D eigenvalue weighted by Crippen LogP contribution is -2.04. The molecule has 0 radical (unpaired) electrons. The van der Waals surface area contributed by atoms with Crippen molar-refractivity contribution in [1.82, 2.24) is 0 Å². The van der Waals surface area contributed by atoms with Gasteiger partial charge in [0.2, 0.25) is 13.1 Å². The molecule has 0 amide bonds. The van der Waals surface area contributed by atoms with Gasteiger partial charge in [-0.15, -0.1) is 0 Å². The largest absolute Gasteiger partial charge is 0.484 e. The van der Waals surface area contributed by atoms with Gasteiger partial charge in [0, 0.05) is 19.2 Å². The van der Waals surface area contributed by atoms with Crippen LogP contribution in [0.15, 0.2) is 30.0 Å². The molecule has 7 heteroatoms. The monoisotopic (exact) mass is 313 g/mol. The quantitative estimate of drug-likeness (QED) is 0.412. The van der Waals surface area contributed by atoms with Crippen molar-refractivity contribution in [3.63, 3.8) is 0 Å². The molecular weight excluding hydrogens is 293 g/mol. The SMILES string of the molecule is CCOP(=O)(CC)COc1ccc(/C=C(\C)[N+](=O)[O-])cc1. The van der Waals surface area contributed by atoms with Crippen LogP contribution >= 0.6 is 7.37 Å². The van der Waals surface area contributed by atoms with Gasteiger partial charge in [-0.1, -0.05) is 19.1 Å². The van der Waals surface area contributed by atoms with Crippen molar-refractivity contribution in [1.29, 1.82) is 0 Å². The third kappa shape index (κ3) is 5.69. The highest BCUT2D eigenvalue weighted by Crippen LogP contribution is 2.46.